The molecule has 5 rings (SSSR count). The fourth-order valence-electron chi connectivity index (χ4n) is 4.58. The average molecular weight is 478 g/mol. The first kappa shape index (κ1) is 22.3. The number of amides is 1. The highest BCUT2D eigenvalue weighted by atomic mass is 35.5. The second-order valence-corrected chi connectivity index (χ2v) is 9.35. The lowest BCUT2D eigenvalue weighted by Crippen LogP contribution is -2.52. The van der Waals surface area contributed by atoms with Crippen molar-refractivity contribution in [3.8, 4) is 11.5 Å². The van der Waals surface area contributed by atoms with E-state index in [0.29, 0.717) is 35.8 Å². The molecule has 2 heterocycles. The predicted octanol–water partition coefficient (Wildman–Crippen LogP) is 5.50. The number of rotatable bonds is 4. The Morgan fingerprint density at radius 3 is 2.59 bits per heavy atom. The van der Waals surface area contributed by atoms with Crippen molar-refractivity contribution in [1.82, 2.24) is 5.32 Å². The van der Waals surface area contributed by atoms with Gasteiger partial charge in [-0.25, -0.2) is 4.79 Å². The highest BCUT2D eigenvalue weighted by Crippen LogP contribution is 2.42. The first-order valence-electron chi connectivity index (χ1n) is 11.2. The summed E-state index contributed by atoms with van der Waals surface area (Å²) in [5, 5.41) is 13.0. The number of ether oxygens (including phenoxy) is 2. The van der Waals surface area contributed by atoms with Gasteiger partial charge in [0.25, 0.3) is 5.91 Å². The van der Waals surface area contributed by atoms with Crippen molar-refractivity contribution < 1.29 is 24.2 Å². The van der Waals surface area contributed by atoms with Crippen molar-refractivity contribution in [2.45, 2.75) is 43.9 Å². The van der Waals surface area contributed by atoms with Gasteiger partial charge in [0.1, 0.15) is 17.6 Å². The first-order valence-corrected chi connectivity index (χ1v) is 11.6. The molecule has 0 fully saturated rings. The molecule has 34 heavy (non-hydrogen) atoms. The Hall–Kier alpha value is -3.51. The number of carbonyl (C=O) groups excluding carboxylic acids is 1. The molecule has 3 aromatic carbocycles. The van der Waals surface area contributed by atoms with Crippen LogP contribution in [0.15, 0.2) is 66.7 Å². The van der Waals surface area contributed by atoms with E-state index in [1.54, 1.807) is 30.3 Å². The Balaban J connectivity index is 1.38. The summed E-state index contributed by atoms with van der Waals surface area (Å²) >= 11 is 6.10. The highest BCUT2D eigenvalue weighted by Gasteiger charge is 2.41. The Kier molecular flexibility index (Phi) is 5.70. The van der Waals surface area contributed by atoms with E-state index in [9.17, 15) is 14.7 Å². The maximum absolute atomic E-state index is 13.5. The lowest BCUT2D eigenvalue weighted by Gasteiger charge is -2.38. The number of hydrogen-bond donors (Lipinski definition) is 2. The summed E-state index contributed by atoms with van der Waals surface area (Å²) in [4.78, 5) is 24.7. The lowest BCUT2D eigenvalue weighted by atomic mass is 9.89. The van der Waals surface area contributed by atoms with Crippen LogP contribution in [0.3, 0.4) is 0 Å². The molecule has 0 saturated heterocycles. The zero-order valence-corrected chi connectivity index (χ0v) is 19.3. The molecular weight excluding hydrogens is 454 g/mol. The second kappa shape index (κ2) is 8.69. The maximum atomic E-state index is 13.5. The smallest absolute Gasteiger partial charge is 0.335 e. The van der Waals surface area contributed by atoms with E-state index in [1.165, 1.54) is 0 Å². The van der Waals surface area contributed by atoms with Gasteiger partial charge in [0.2, 0.25) is 0 Å². The summed E-state index contributed by atoms with van der Waals surface area (Å²) in [6.07, 6.45) is 1.42. The fourth-order valence-corrected chi connectivity index (χ4v) is 4.77. The van der Waals surface area contributed by atoms with E-state index in [4.69, 9.17) is 21.1 Å². The first-order chi connectivity index (χ1) is 16.3. The van der Waals surface area contributed by atoms with Crippen LogP contribution >= 0.6 is 11.6 Å². The molecule has 0 aliphatic carbocycles. The molecule has 0 bridgehead atoms. The minimum atomic E-state index is -1.01. The van der Waals surface area contributed by atoms with Gasteiger partial charge in [0.15, 0.2) is 5.60 Å². The number of carbonyl (C=O) groups is 2. The molecule has 3 atom stereocenters. The SMILES string of the molecule is C[C@]1(C(=O)N[C@@H]2C[C@H](c3ccc(C(=O)O)cc3)Oc3ccccc32)CCc2cc(Cl)ccc2O1. The van der Waals surface area contributed by atoms with Gasteiger partial charge < -0.3 is 19.9 Å². The number of fused-ring (bicyclic) bond motifs is 2. The van der Waals surface area contributed by atoms with Crippen LogP contribution in [0, 0.1) is 0 Å². The predicted molar refractivity (Wildman–Crippen MR) is 128 cm³/mol. The van der Waals surface area contributed by atoms with E-state index < -0.39 is 11.6 Å². The molecule has 0 saturated carbocycles. The summed E-state index contributed by atoms with van der Waals surface area (Å²) in [6, 6.07) is 19.5. The van der Waals surface area contributed by atoms with Crippen LogP contribution in [-0.2, 0) is 11.2 Å². The number of benzene rings is 3. The van der Waals surface area contributed by atoms with E-state index in [-0.39, 0.29) is 23.6 Å². The number of halogens is 1. The van der Waals surface area contributed by atoms with Crippen molar-refractivity contribution in [3.05, 3.63) is 94.0 Å². The lowest BCUT2D eigenvalue weighted by molar-refractivity contribution is -0.138. The van der Waals surface area contributed by atoms with E-state index in [2.05, 4.69) is 5.32 Å². The molecule has 0 unspecified atom stereocenters. The van der Waals surface area contributed by atoms with E-state index >= 15 is 0 Å². The normalized spacial score (nSPS) is 23.0. The molecule has 1 amide bonds. The zero-order valence-electron chi connectivity index (χ0n) is 18.6. The molecule has 2 aliphatic rings. The van der Waals surface area contributed by atoms with Crippen LogP contribution in [0.25, 0.3) is 0 Å². The third-order valence-electron chi connectivity index (χ3n) is 6.56. The van der Waals surface area contributed by atoms with Crippen molar-refractivity contribution >= 4 is 23.5 Å². The molecule has 0 radical (unpaired) electrons. The molecule has 174 valence electrons. The van der Waals surface area contributed by atoms with Crippen molar-refractivity contribution in [2.75, 3.05) is 0 Å². The Labute approximate surface area is 202 Å². The molecule has 7 heteroatoms. The van der Waals surface area contributed by atoms with Crippen LogP contribution in [0.2, 0.25) is 5.02 Å². The number of aryl methyl sites for hydroxylation is 1. The topological polar surface area (TPSA) is 84.9 Å². The van der Waals surface area contributed by atoms with Gasteiger partial charge >= 0.3 is 5.97 Å². The van der Waals surface area contributed by atoms with Crippen LogP contribution < -0.4 is 14.8 Å². The van der Waals surface area contributed by atoms with Gasteiger partial charge in [-0.3, -0.25) is 4.79 Å². The van der Waals surface area contributed by atoms with Gasteiger partial charge in [-0.1, -0.05) is 41.9 Å². The third-order valence-corrected chi connectivity index (χ3v) is 6.79. The van der Waals surface area contributed by atoms with Gasteiger partial charge in [0.05, 0.1) is 11.6 Å². The molecule has 0 spiro atoms. The zero-order chi connectivity index (χ0) is 23.9. The summed E-state index contributed by atoms with van der Waals surface area (Å²) < 4.78 is 12.4. The Morgan fingerprint density at radius 1 is 1.06 bits per heavy atom. The van der Waals surface area contributed by atoms with Crippen LogP contribution in [-0.4, -0.2) is 22.6 Å². The molecule has 2 aliphatic heterocycles. The minimum absolute atomic E-state index is 0.185. The Morgan fingerprint density at radius 2 is 1.82 bits per heavy atom. The molecule has 2 N–H and O–H groups in total. The number of carboxylic acid groups (broad SMARTS) is 1. The molecule has 0 aromatic heterocycles. The van der Waals surface area contributed by atoms with Gasteiger partial charge in [-0.05, 0) is 60.9 Å². The largest absolute Gasteiger partial charge is 0.485 e. The van der Waals surface area contributed by atoms with Crippen LogP contribution in [0.5, 0.6) is 11.5 Å². The number of para-hydroxylation sites is 1. The minimum Gasteiger partial charge on any atom is -0.485 e. The van der Waals surface area contributed by atoms with Crippen molar-refractivity contribution in [1.29, 1.82) is 0 Å². The van der Waals surface area contributed by atoms with E-state index in [0.717, 1.165) is 16.7 Å². The summed E-state index contributed by atoms with van der Waals surface area (Å²) in [7, 11) is 0. The quantitative estimate of drug-likeness (QED) is 0.518. The van der Waals surface area contributed by atoms with Crippen molar-refractivity contribution in [3.63, 3.8) is 0 Å². The fraction of sp³-hybridized carbons (Fsp3) is 0.259. The number of nitrogens with one attached hydrogen (secondary N) is 1. The summed E-state index contributed by atoms with van der Waals surface area (Å²) in [5.74, 6) is 0.212. The number of aromatic carboxylic acids is 1. The molecule has 3 aromatic rings. The van der Waals surface area contributed by atoms with Crippen LogP contribution in [0.1, 0.15) is 59.0 Å². The van der Waals surface area contributed by atoms with Gasteiger partial charge in [0, 0.05) is 23.4 Å². The Bertz CT molecular complexity index is 1260. The monoisotopic (exact) mass is 477 g/mol. The highest BCUT2D eigenvalue weighted by molar-refractivity contribution is 6.30. The maximum Gasteiger partial charge on any atom is 0.335 e. The van der Waals surface area contributed by atoms with Gasteiger partial charge in [-0.15, -0.1) is 0 Å². The second-order valence-electron chi connectivity index (χ2n) is 8.92. The number of hydrogen-bond acceptors (Lipinski definition) is 4. The van der Waals surface area contributed by atoms with Gasteiger partial charge in [-0.2, -0.15) is 0 Å². The van der Waals surface area contributed by atoms with E-state index in [1.807, 2.05) is 43.3 Å². The van der Waals surface area contributed by atoms with Crippen LogP contribution in [0.4, 0.5) is 0 Å². The standard InChI is InChI=1S/C27H24ClNO5/c1-27(13-12-18-14-19(28)10-11-22(18)34-27)26(32)29-21-15-24(33-23-5-3-2-4-20(21)23)16-6-8-17(9-7-16)25(30)31/h2-11,14,21,24H,12-13,15H2,1H3,(H,29,32)(H,30,31)/t21-,24-,27-/m1/s1. The third kappa shape index (κ3) is 4.21. The molecule has 6 nitrogen and oxygen atoms in total. The summed E-state index contributed by atoms with van der Waals surface area (Å²) in [6.45, 7) is 1.81. The average Bonchev–Trinajstić information content (AvgIpc) is 2.84. The number of carboxylic acids is 1. The van der Waals surface area contributed by atoms with Crippen molar-refractivity contribution in [2.24, 2.45) is 0 Å². The molecular formula is C27H24ClNO5. The summed E-state index contributed by atoms with van der Waals surface area (Å²) in [5.41, 5.74) is 1.96.